The van der Waals surface area contributed by atoms with E-state index in [1.165, 1.54) is 0 Å². The number of amides is 1. The first-order valence-corrected chi connectivity index (χ1v) is 14.0. The number of esters is 1. The number of ether oxygens (including phenoxy) is 1. The Balaban J connectivity index is 1.26. The van der Waals surface area contributed by atoms with Crippen molar-refractivity contribution in [2.45, 2.75) is 57.9 Å². The number of rotatable bonds is 10. The fraction of sp³-hybridized carbons (Fsp3) is 0.324. The highest BCUT2D eigenvalue weighted by atomic mass is 16.5. The fourth-order valence-electron chi connectivity index (χ4n) is 5.29. The molecule has 1 amide bonds. The van der Waals surface area contributed by atoms with Crippen LogP contribution in [0.3, 0.4) is 0 Å². The number of nitrogens with zero attached hydrogens (tertiary/aromatic N) is 2. The molecule has 1 saturated carbocycles. The average molecular weight is 537 g/mol. The SMILES string of the molecule is CCOC(=O)C1(c2ccc(-c3ccc(-c4onc(C)c4CCC(=O)N(C)[C@@H](C)c4ccccc4)cc3)cc2)CC1. The molecule has 4 aromatic rings. The molecule has 0 radical (unpaired) electrons. The lowest BCUT2D eigenvalue weighted by Gasteiger charge is -2.25. The minimum absolute atomic E-state index is 0.00155. The second-order valence-corrected chi connectivity index (χ2v) is 10.6. The van der Waals surface area contributed by atoms with Gasteiger partial charge in [0.25, 0.3) is 0 Å². The van der Waals surface area contributed by atoms with Crippen molar-refractivity contribution in [2.24, 2.45) is 0 Å². The molecule has 1 aromatic heterocycles. The van der Waals surface area contributed by atoms with E-state index in [4.69, 9.17) is 9.26 Å². The van der Waals surface area contributed by atoms with E-state index in [-0.39, 0.29) is 17.9 Å². The molecular formula is C34H36N2O4. The van der Waals surface area contributed by atoms with Gasteiger partial charge in [-0.25, -0.2) is 0 Å². The van der Waals surface area contributed by atoms with E-state index in [9.17, 15) is 9.59 Å². The van der Waals surface area contributed by atoms with Crippen molar-refractivity contribution in [2.75, 3.05) is 13.7 Å². The van der Waals surface area contributed by atoms with Crippen LogP contribution in [-0.2, 0) is 26.2 Å². The van der Waals surface area contributed by atoms with Gasteiger partial charge in [0, 0.05) is 24.6 Å². The molecule has 1 aliphatic rings. The van der Waals surface area contributed by atoms with Gasteiger partial charge in [0.15, 0.2) is 5.76 Å². The maximum Gasteiger partial charge on any atom is 0.316 e. The third-order valence-electron chi connectivity index (χ3n) is 8.16. The summed E-state index contributed by atoms with van der Waals surface area (Å²) in [6.45, 7) is 6.21. The molecule has 1 aliphatic carbocycles. The number of carbonyl (C=O) groups is 2. The van der Waals surface area contributed by atoms with Crippen LogP contribution in [-0.4, -0.2) is 35.6 Å². The van der Waals surface area contributed by atoms with Crippen LogP contribution in [0.2, 0.25) is 0 Å². The molecule has 206 valence electrons. The van der Waals surface area contributed by atoms with E-state index in [1.54, 1.807) is 4.90 Å². The van der Waals surface area contributed by atoms with Crippen LogP contribution < -0.4 is 0 Å². The Bertz CT molecular complexity index is 1470. The summed E-state index contributed by atoms with van der Waals surface area (Å²) in [5, 5.41) is 4.21. The molecule has 0 unspecified atom stereocenters. The quantitative estimate of drug-likeness (QED) is 0.203. The van der Waals surface area contributed by atoms with Gasteiger partial charge in [-0.2, -0.15) is 0 Å². The molecule has 6 nitrogen and oxygen atoms in total. The summed E-state index contributed by atoms with van der Waals surface area (Å²) in [4.78, 5) is 27.3. The highest BCUT2D eigenvalue weighted by molar-refractivity contribution is 5.87. The third kappa shape index (κ3) is 5.44. The summed E-state index contributed by atoms with van der Waals surface area (Å²) in [5.41, 5.74) is 6.50. The molecule has 1 heterocycles. The molecule has 0 spiro atoms. The van der Waals surface area contributed by atoms with Crippen LogP contribution in [0.5, 0.6) is 0 Å². The Morgan fingerprint density at radius 3 is 2.15 bits per heavy atom. The van der Waals surface area contributed by atoms with Crippen molar-refractivity contribution in [1.82, 2.24) is 10.1 Å². The molecule has 40 heavy (non-hydrogen) atoms. The standard InChI is InChI=1S/C34H36N2O4/c1-5-39-33(38)34(21-22-34)29-17-15-27(16-18-29)26-11-13-28(14-12-26)32-30(23(2)35-40-32)19-20-31(37)36(4)24(3)25-9-7-6-8-10-25/h6-18,24H,5,19-22H2,1-4H3/t24-/m0/s1. The summed E-state index contributed by atoms with van der Waals surface area (Å²) in [5.74, 6) is 0.665. The normalized spacial score (nSPS) is 14.4. The zero-order valence-electron chi connectivity index (χ0n) is 23.6. The topological polar surface area (TPSA) is 72.6 Å². The predicted molar refractivity (Wildman–Crippen MR) is 156 cm³/mol. The van der Waals surface area contributed by atoms with E-state index in [0.717, 1.165) is 51.9 Å². The Morgan fingerprint density at radius 1 is 0.950 bits per heavy atom. The van der Waals surface area contributed by atoms with Crippen molar-refractivity contribution >= 4 is 11.9 Å². The lowest BCUT2D eigenvalue weighted by Crippen LogP contribution is -2.29. The summed E-state index contributed by atoms with van der Waals surface area (Å²) < 4.78 is 11.0. The Kier molecular flexibility index (Phi) is 7.88. The largest absolute Gasteiger partial charge is 0.465 e. The van der Waals surface area contributed by atoms with Gasteiger partial charge in [0.05, 0.1) is 23.8 Å². The van der Waals surface area contributed by atoms with Crippen molar-refractivity contribution < 1.29 is 18.8 Å². The van der Waals surface area contributed by atoms with E-state index >= 15 is 0 Å². The van der Waals surface area contributed by atoms with Crippen molar-refractivity contribution in [3.63, 3.8) is 0 Å². The van der Waals surface area contributed by atoms with E-state index in [1.807, 2.05) is 82.4 Å². The fourth-order valence-corrected chi connectivity index (χ4v) is 5.29. The lowest BCUT2D eigenvalue weighted by molar-refractivity contribution is -0.146. The average Bonchev–Trinajstić information content (AvgIpc) is 3.73. The maximum atomic E-state index is 13.0. The molecule has 3 aromatic carbocycles. The van der Waals surface area contributed by atoms with Crippen LogP contribution in [0.15, 0.2) is 83.4 Å². The summed E-state index contributed by atoms with van der Waals surface area (Å²) in [6, 6.07) is 26.4. The van der Waals surface area contributed by atoms with Crippen LogP contribution >= 0.6 is 0 Å². The number of benzene rings is 3. The summed E-state index contributed by atoms with van der Waals surface area (Å²) >= 11 is 0. The smallest absolute Gasteiger partial charge is 0.316 e. The minimum atomic E-state index is -0.464. The first kappa shape index (κ1) is 27.4. The highest BCUT2D eigenvalue weighted by Crippen LogP contribution is 2.49. The molecule has 5 rings (SSSR count). The van der Waals surface area contributed by atoms with Crippen molar-refractivity contribution in [3.8, 4) is 22.5 Å². The Morgan fingerprint density at radius 2 is 1.55 bits per heavy atom. The Labute approximate surface area is 236 Å². The maximum absolute atomic E-state index is 13.0. The molecule has 1 fully saturated rings. The van der Waals surface area contributed by atoms with E-state index in [0.29, 0.717) is 25.2 Å². The predicted octanol–water partition coefficient (Wildman–Crippen LogP) is 7.06. The Hall–Kier alpha value is -4.19. The number of hydrogen-bond acceptors (Lipinski definition) is 5. The van der Waals surface area contributed by atoms with Crippen molar-refractivity contribution in [3.05, 3.63) is 101 Å². The molecule has 1 atom stereocenters. The van der Waals surface area contributed by atoms with Crippen LogP contribution in [0.25, 0.3) is 22.5 Å². The molecule has 0 saturated heterocycles. The number of hydrogen-bond donors (Lipinski definition) is 0. The third-order valence-corrected chi connectivity index (χ3v) is 8.16. The molecular weight excluding hydrogens is 500 g/mol. The minimum Gasteiger partial charge on any atom is -0.465 e. The van der Waals surface area contributed by atoms with Gasteiger partial charge in [-0.05, 0) is 62.3 Å². The summed E-state index contributed by atoms with van der Waals surface area (Å²) in [7, 11) is 1.86. The van der Waals surface area contributed by atoms with E-state index < -0.39 is 5.41 Å². The van der Waals surface area contributed by atoms with Gasteiger partial charge in [-0.15, -0.1) is 0 Å². The van der Waals surface area contributed by atoms with E-state index in [2.05, 4.69) is 29.4 Å². The second-order valence-electron chi connectivity index (χ2n) is 10.6. The monoisotopic (exact) mass is 536 g/mol. The number of aromatic nitrogens is 1. The lowest BCUT2D eigenvalue weighted by atomic mass is 9.93. The highest BCUT2D eigenvalue weighted by Gasteiger charge is 2.52. The van der Waals surface area contributed by atoms with Crippen LogP contribution in [0, 0.1) is 6.92 Å². The van der Waals surface area contributed by atoms with Crippen LogP contribution in [0.1, 0.15) is 61.5 Å². The zero-order chi connectivity index (χ0) is 28.3. The van der Waals surface area contributed by atoms with Gasteiger partial charge in [0.2, 0.25) is 5.91 Å². The summed E-state index contributed by atoms with van der Waals surface area (Å²) in [6.07, 6.45) is 2.61. The van der Waals surface area contributed by atoms with Crippen LogP contribution in [0.4, 0.5) is 0 Å². The molecule has 0 N–H and O–H groups in total. The van der Waals surface area contributed by atoms with Crippen molar-refractivity contribution in [1.29, 1.82) is 0 Å². The van der Waals surface area contributed by atoms with Gasteiger partial charge in [0.1, 0.15) is 0 Å². The molecule has 0 bridgehead atoms. The van der Waals surface area contributed by atoms with Gasteiger partial charge in [-0.3, -0.25) is 9.59 Å². The first-order chi connectivity index (χ1) is 19.3. The molecule has 6 heteroatoms. The number of carbonyl (C=O) groups excluding carboxylic acids is 2. The zero-order valence-corrected chi connectivity index (χ0v) is 23.6. The first-order valence-electron chi connectivity index (χ1n) is 14.0. The van der Waals surface area contributed by atoms with Gasteiger partial charge < -0.3 is 14.2 Å². The van der Waals surface area contributed by atoms with Gasteiger partial charge in [-0.1, -0.05) is 84.0 Å². The number of aryl methyl sites for hydroxylation is 1. The molecule has 0 aliphatic heterocycles. The second kappa shape index (κ2) is 11.5. The van der Waals surface area contributed by atoms with Gasteiger partial charge >= 0.3 is 5.97 Å².